The molecule has 0 aliphatic carbocycles. The van der Waals surface area contributed by atoms with Crippen LogP contribution in [0.15, 0.2) is 12.1 Å². The minimum Gasteiger partial charge on any atom is -0.495 e. The first-order valence-electron chi connectivity index (χ1n) is 5.66. The summed E-state index contributed by atoms with van der Waals surface area (Å²) in [6.07, 6.45) is 0. The van der Waals surface area contributed by atoms with Crippen LogP contribution in [0.1, 0.15) is 25.0 Å². The van der Waals surface area contributed by atoms with E-state index in [9.17, 15) is 0 Å². The number of methoxy groups -OCH3 is 1. The van der Waals surface area contributed by atoms with Gasteiger partial charge in [0.2, 0.25) is 0 Å². The Morgan fingerprint density at radius 3 is 2.59 bits per heavy atom. The molecule has 0 unspecified atom stereocenters. The molecule has 4 heteroatoms. The van der Waals surface area contributed by atoms with Crippen molar-refractivity contribution < 1.29 is 4.74 Å². The molecule has 1 aromatic carbocycles. The largest absolute Gasteiger partial charge is 0.495 e. The highest BCUT2D eigenvalue weighted by Crippen LogP contribution is 2.27. The van der Waals surface area contributed by atoms with Crippen molar-refractivity contribution in [3.05, 3.63) is 28.3 Å². The SMILES string of the molecule is COc1cc(C)c(CNCC(C)(C)N)cc1Cl. The molecular formula is C13H21ClN2O. The van der Waals surface area contributed by atoms with Crippen LogP contribution >= 0.6 is 11.6 Å². The Kier molecular flexibility index (Phi) is 4.80. The fraction of sp³-hybridized carbons (Fsp3) is 0.538. The summed E-state index contributed by atoms with van der Waals surface area (Å²) in [7, 11) is 1.62. The zero-order chi connectivity index (χ0) is 13.1. The highest BCUT2D eigenvalue weighted by Gasteiger charge is 2.10. The van der Waals surface area contributed by atoms with Gasteiger partial charge in [0.15, 0.2) is 0 Å². The van der Waals surface area contributed by atoms with Gasteiger partial charge >= 0.3 is 0 Å². The van der Waals surface area contributed by atoms with E-state index in [1.807, 2.05) is 32.9 Å². The number of nitrogens with two attached hydrogens (primary N) is 1. The molecule has 0 aliphatic rings. The lowest BCUT2D eigenvalue weighted by Crippen LogP contribution is -2.42. The molecule has 1 aromatic rings. The number of hydrogen-bond donors (Lipinski definition) is 2. The Labute approximate surface area is 108 Å². The van der Waals surface area contributed by atoms with Gasteiger partial charge < -0.3 is 15.8 Å². The first-order chi connectivity index (χ1) is 7.83. The zero-order valence-corrected chi connectivity index (χ0v) is 11.7. The molecule has 0 aromatic heterocycles. The van der Waals surface area contributed by atoms with Gasteiger partial charge in [-0.05, 0) is 44.0 Å². The van der Waals surface area contributed by atoms with Crippen molar-refractivity contribution in [2.45, 2.75) is 32.9 Å². The maximum atomic E-state index is 6.09. The maximum absolute atomic E-state index is 6.09. The second-order valence-electron chi connectivity index (χ2n) is 5.01. The van der Waals surface area contributed by atoms with Gasteiger partial charge in [-0.3, -0.25) is 0 Å². The van der Waals surface area contributed by atoms with Gasteiger partial charge in [-0.25, -0.2) is 0 Å². The molecular weight excluding hydrogens is 236 g/mol. The van der Waals surface area contributed by atoms with Gasteiger partial charge in [-0.15, -0.1) is 0 Å². The van der Waals surface area contributed by atoms with E-state index in [-0.39, 0.29) is 5.54 Å². The topological polar surface area (TPSA) is 47.3 Å². The first kappa shape index (κ1) is 14.3. The summed E-state index contributed by atoms with van der Waals surface area (Å²) < 4.78 is 5.17. The summed E-state index contributed by atoms with van der Waals surface area (Å²) in [4.78, 5) is 0. The molecule has 0 fully saturated rings. The van der Waals surface area contributed by atoms with Crippen molar-refractivity contribution in [3.63, 3.8) is 0 Å². The number of aryl methyl sites for hydroxylation is 1. The molecule has 0 saturated carbocycles. The number of rotatable bonds is 5. The van der Waals surface area contributed by atoms with Crippen molar-refractivity contribution in [2.24, 2.45) is 5.73 Å². The van der Waals surface area contributed by atoms with E-state index in [2.05, 4.69) is 5.32 Å². The Morgan fingerprint density at radius 1 is 1.41 bits per heavy atom. The Bertz CT molecular complexity index is 386. The third-order valence-electron chi connectivity index (χ3n) is 2.51. The molecule has 0 radical (unpaired) electrons. The van der Waals surface area contributed by atoms with Crippen LogP contribution in [0.5, 0.6) is 5.75 Å². The Balaban J connectivity index is 2.69. The molecule has 0 amide bonds. The summed E-state index contributed by atoms with van der Waals surface area (Å²) in [5.41, 5.74) is 8.03. The average Bonchev–Trinajstić information content (AvgIpc) is 2.20. The van der Waals surface area contributed by atoms with Gasteiger partial charge in [0.25, 0.3) is 0 Å². The third-order valence-corrected chi connectivity index (χ3v) is 2.80. The van der Waals surface area contributed by atoms with E-state index in [4.69, 9.17) is 22.1 Å². The van der Waals surface area contributed by atoms with E-state index in [1.54, 1.807) is 7.11 Å². The maximum Gasteiger partial charge on any atom is 0.137 e. The van der Waals surface area contributed by atoms with Gasteiger partial charge in [0.1, 0.15) is 5.75 Å². The lowest BCUT2D eigenvalue weighted by molar-refractivity contribution is 0.414. The van der Waals surface area contributed by atoms with E-state index >= 15 is 0 Å². The van der Waals surface area contributed by atoms with Gasteiger partial charge in [-0.1, -0.05) is 11.6 Å². The summed E-state index contributed by atoms with van der Waals surface area (Å²) >= 11 is 6.09. The van der Waals surface area contributed by atoms with E-state index < -0.39 is 0 Å². The first-order valence-corrected chi connectivity index (χ1v) is 6.04. The predicted molar refractivity (Wildman–Crippen MR) is 72.7 cm³/mol. The molecule has 96 valence electrons. The number of benzene rings is 1. The highest BCUT2D eigenvalue weighted by atomic mass is 35.5. The molecule has 0 saturated heterocycles. The molecule has 0 bridgehead atoms. The molecule has 0 aliphatic heterocycles. The van der Waals surface area contributed by atoms with Crippen molar-refractivity contribution in [1.29, 1.82) is 0 Å². The third kappa shape index (κ3) is 4.54. The second-order valence-corrected chi connectivity index (χ2v) is 5.41. The predicted octanol–water partition coefficient (Wildman–Crippen LogP) is 2.48. The molecule has 1 rings (SSSR count). The monoisotopic (exact) mass is 256 g/mol. The lowest BCUT2D eigenvalue weighted by atomic mass is 10.1. The van der Waals surface area contributed by atoms with E-state index in [0.717, 1.165) is 18.7 Å². The quantitative estimate of drug-likeness (QED) is 0.851. The van der Waals surface area contributed by atoms with Crippen molar-refractivity contribution in [1.82, 2.24) is 5.32 Å². The van der Waals surface area contributed by atoms with Crippen LogP contribution in [0.2, 0.25) is 5.02 Å². The zero-order valence-electron chi connectivity index (χ0n) is 10.9. The summed E-state index contributed by atoms with van der Waals surface area (Å²) in [6.45, 7) is 7.55. The minimum absolute atomic E-state index is 0.204. The smallest absolute Gasteiger partial charge is 0.137 e. The van der Waals surface area contributed by atoms with E-state index in [1.165, 1.54) is 5.56 Å². The lowest BCUT2D eigenvalue weighted by Gasteiger charge is -2.19. The van der Waals surface area contributed by atoms with Crippen LogP contribution in [0.4, 0.5) is 0 Å². The molecule has 3 N–H and O–H groups in total. The number of hydrogen-bond acceptors (Lipinski definition) is 3. The molecule has 0 spiro atoms. The van der Waals surface area contributed by atoms with Gasteiger partial charge in [0.05, 0.1) is 12.1 Å². The van der Waals surface area contributed by atoms with Crippen LogP contribution in [0, 0.1) is 6.92 Å². The van der Waals surface area contributed by atoms with Crippen molar-refractivity contribution in [2.75, 3.05) is 13.7 Å². The van der Waals surface area contributed by atoms with Crippen molar-refractivity contribution in [3.8, 4) is 5.75 Å². The molecule has 17 heavy (non-hydrogen) atoms. The van der Waals surface area contributed by atoms with Crippen LogP contribution in [-0.4, -0.2) is 19.2 Å². The Morgan fingerprint density at radius 2 is 2.06 bits per heavy atom. The summed E-state index contributed by atoms with van der Waals surface area (Å²) in [5, 5.41) is 3.96. The van der Waals surface area contributed by atoms with Crippen molar-refractivity contribution >= 4 is 11.6 Å². The number of nitrogens with one attached hydrogen (secondary N) is 1. The highest BCUT2D eigenvalue weighted by molar-refractivity contribution is 6.32. The normalized spacial score (nSPS) is 11.6. The van der Waals surface area contributed by atoms with Crippen LogP contribution < -0.4 is 15.8 Å². The fourth-order valence-electron chi connectivity index (χ4n) is 1.56. The van der Waals surface area contributed by atoms with Gasteiger partial charge in [0, 0.05) is 18.6 Å². The summed E-state index contributed by atoms with van der Waals surface area (Å²) in [6, 6.07) is 3.89. The van der Waals surface area contributed by atoms with Crippen LogP contribution in [0.3, 0.4) is 0 Å². The summed E-state index contributed by atoms with van der Waals surface area (Å²) in [5.74, 6) is 0.715. The average molecular weight is 257 g/mol. The van der Waals surface area contributed by atoms with E-state index in [0.29, 0.717) is 10.8 Å². The molecule has 0 atom stereocenters. The number of halogens is 1. The Hall–Kier alpha value is -0.770. The standard InChI is InChI=1S/C13H21ClN2O/c1-9-5-12(17-4)11(14)6-10(9)7-16-8-13(2,3)15/h5-6,16H,7-8,15H2,1-4H3. The second kappa shape index (κ2) is 5.71. The molecule has 3 nitrogen and oxygen atoms in total. The molecule has 0 heterocycles. The van der Waals surface area contributed by atoms with Gasteiger partial charge in [-0.2, -0.15) is 0 Å². The number of ether oxygens (including phenoxy) is 1. The fourth-order valence-corrected chi connectivity index (χ4v) is 1.83. The minimum atomic E-state index is -0.204. The van der Waals surface area contributed by atoms with Crippen LogP contribution in [-0.2, 0) is 6.54 Å². The van der Waals surface area contributed by atoms with Crippen LogP contribution in [0.25, 0.3) is 0 Å².